The maximum Gasteiger partial charge on any atom is 0.419 e. The van der Waals surface area contributed by atoms with E-state index in [2.05, 4.69) is 111 Å². The quantitative estimate of drug-likeness (QED) is 0.0688. The van der Waals surface area contributed by atoms with Crippen LogP contribution in [0.5, 0.6) is 0 Å². The second kappa shape index (κ2) is 41.8. The summed E-state index contributed by atoms with van der Waals surface area (Å²) in [4.78, 5) is 12.6. The van der Waals surface area contributed by atoms with Gasteiger partial charge in [0.25, 0.3) is 0 Å². The summed E-state index contributed by atoms with van der Waals surface area (Å²) in [6, 6.07) is 51.4. The summed E-state index contributed by atoms with van der Waals surface area (Å²) >= 11 is 5.88. The Hall–Kier alpha value is -7.15. The third-order valence-corrected chi connectivity index (χ3v) is 25.0. The number of hydrogen-bond acceptors (Lipinski definition) is 13. The zero-order valence-electron chi connectivity index (χ0n) is 68.3. The molecule has 5 aliphatic rings. The summed E-state index contributed by atoms with van der Waals surface area (Å²) in [7, 11) is -3.06. The molecule has 1 saturated carbocycles. The Labute approximate surface area is 665 Å². The van der Waals surface area contributed by atoms with Gasteiger partial charge in [-0.15, -0.1) is 0 Å². The summed E-state index contributed by atoms with van der Waals surface area (Å²) in [6.45, 7) is 34.5. The van der Waals surface area contributed by atoms with Crippen molar-refractivity contribution in [2.45, 2.75) is 231 Å². The van der Waals surface area contributed by atoms with Crippen LogP contribution in [0.2, 0.25) is 5.02 Å². The number of anilines is 4. The maximum absolute atomic E-state index is 13.1. The van der Waals surface area contributed by atoms with Gasteiger partial charge in [0.15, 0.2) is 9.84 Å². The molecule has 1 aliphatic carbocycles. The van der Waals surface area contributed by atoms with Crippen molar-refractivity contribution in [3.63, 3.8) is 0 Å². The molecule has 5 heterocycles. The van der Waals surface area contributed by atoms with Gasteiger partial charge in [0.05, 0.1) is 50.1 Å². The number of pyridine rings is 1. The first-order chi connectivity index (χ1) is 52.1. The molecule has 0 unspecified atom stereocenters. The Morgan fingerprint density at radius 1 is 0.468 bits per heavy atom. The molecule has 20 heteroatoms. The highest BCUT2D eigenvalue weighted by molar-refractivity contribution is 7.90. The lowest BCUT2D eigenvalue weighted by Gasteiger charge is -2.41. The van der Waals surface area contributed by atoms with Gasteiger partial charge in [0.1, 0.15) is 17.5 Å². The molecular formula is C91H126ClF5N6O7S. The summed E-state index contributed by atoms with van der Waals surface area (Å²) in [6.07, 6.45) is 8.05. The fraction of sp³-hybridized carbons (Fsp3) is 0.538. The molecular weight excluding hydrogens is 1450 g/mol. The molecule has 111 heavy (non-hydrogen) atoms. The predicted octanol–water partition coefficient (Wildman–Crippen LogP) is 20.7. The Kier molecular flexibility index (Phi) is 34.9. The van der Waals surface area contributed by atoms with Crippen molar-refractivity contribution < 1.29 is 55.9 Å². The zero-order valence-corrected chi connectivity index (χ0v) is 69.9. The van der Waals surface area contributed by atoms with Gasteiger partial charge in [0.2, 0.25) is 0 Å². The van der Waals surface area contributed by atoms with Crippen molar-refractivity contribution >= 4 is 44.3 Å². The van der Waals surface area contributed by atoms with Crippen LogP contribution >= 0.6 is 11.6 Å². The smallest absolute Gasteiger partial charge is 0.390 e. The van der Waals surface area contributed by atoms with Crippen LogP contribution in [-0.4, -0.2) is 126 Å². The van der Waals surface area contributed by atoms with E-state index in [9.17, 15) is 55.9 Å². The van der Waals surface area contributed by atoms with Gasteiger partial charge in [-0.05, 0) is 238 Å². The molecule has 5 fully saturated rings. The van der Waals surface area contributed by atoms with Crippen molar-refractivity contribution in [2.24, 2.45) is 29.6 Å². The third kappa shape index (κ3) is 27.6. The lowest BCUT2D eigenvalue weighted by Crippen LogP contribution is -2.48. The Bertz CT molecular complexity index is 4060. The van der Waals surface area contributed by atoms with Crippen molar-refractivity contribution in [2.75, 3.05) is 78.2 Å². The van der Waals surface area contributed by atoms with E-state index in [0.717, 1.165) is 137 Å². The number of benzene rings is 6. The molecule has 0 bridgehead atoms. The van der Waals surface area contributed by atoms with E-state index in [0.29, 0.717) is 66.0 Å². The topological polar surface area (TPSA) is 185 Å². The minimum atomic E-state index is -4.41. The minimum Gasteiger partial charge on any atom is -0.390 e. The van der Waals surface area contributed by atoms with Gasteiger partial charge < -0.3 is 45.1 Å². The predicted molar refractivity (Wildman–Crippen MR) is 445 cm³/mol. The number of halogens is 6. The molecule has 13 nitrogen and oxygen atoms in total. The lowest BCUT2D eigenvalue weighted by molar-refractivity contribution is -0.137. The Morgan fingerprint density at radius 3 is 1.26 bits per heavy atom. The molecule has 0 radical (unpaired) electrons. The van der Waals surface area contributed by atoms with Crippen LogP contribution in [0.3, 0.4) is 0 Å². The summed E-state index contributed by atoms with van der Waals surface area (Å²) in [5, 5.41) is 61.5. The van der Waals surface area contributed by atoms with E-state index < -0.39 is 49.6 Å². The molecule has 0 spiro atoms. The molecule has 610 valence electrons. The van der Waals surface area contributed by atoms with Crippen LogP contribution in [0.4, 0.5) is 44.8 Å². The molecule has 4 saturated heterocycles. The number of piperidine rings is 4. The van der Waals surface area contributed by atoms with Crippen LogP contribution in [0.1, 0.15) is 220 Å². The van der Waals surface area contributed by atoms with Crippen molar-refractivity contribution in [3.8, 4) is 6.07 Å². The number of rotatable bonds is 13. The molecule has 0 amide bonds. The summed E-state index contributed by atoms with van der Waals surface area (Å²) in [5.74, 6) is 2.34. The fourth-order valence-electron chi connectivity index (χ4n) is 14.6. The van der Waals surface area contributed by atoms with Crippen molar-refractivity contribution in [3.05, 3.63) is 214 Å². The molecule has 5 N–H and O–H groups in total. The highest BCUT2D eigenvalue weighted by atomic mass is 35.5. The lowest BCUT2D eigenvalue weighted by atomic mass is 9.71. The van der Waals surface area contributed by atoms with E-state index in [1.807, 2.05) is 114 Å². The SMILES string of the molecule is CC(C)C1(O)CCC(c2ccccc2)CC1.CC(C)C1(O)CCN(c2ccc(C#N)cc2)CC1.CC(C)C1(O)CCN(c2ccc(Cl)cc2)CC1.CC(C)C1(O)CCN(c2cccc(F)c2)CC1.CC(C)C1(O)CCN(c2ncccc2C(F)(F)F)CC1.CC(C)c1cccc(S(C)(=O)=O)c1.CC(C)c1ccccc1F. The second-order valence-corrected chi connectivity index (χ2v) is 35.5. The van der Waals surface area contributed by atoms with E-state index in [-0.39, 0.29) is 35.2 Å². The number of aliphatic hydroxyl groups is 5. The van der Waals surface area contributed by atoms with Gasteiger partial charge in [-0.1, -0.05) is 175 Å². The maximum atomic E-state index is 13.1. The van der Waals surface area contributed by atoms with E-state index in [1.165, 1.54) is 41.9 Å². The third-order valence-electron chi connectivity index (χ3n) is 23.6. The number of nitrogens with zero attached hydrogens (tertiary/aromatic N) is 6. The zero-order chi connectivity index (χ0) is 82.3. The van der Waals surface area contributed by atoms with Crippen molar-refractivity contribution in [1.29, 1.82) is 5.26 Å². The average Bonchev–Trinajstić information content (AvgIpc) is 0.804. The fourth-order valence-corrected chi connectivity index (χ4v) is 15.4. The van der Waals surface area contributed by atoms with Gasteiger partial charge in [0, 0.05) is 86.9 Å². The Balaban J connectivity index is 0.000000204. The second-order valence-electron chi connectivity index (χ2n) is 33.1. The van der Waals surface area contributed by atoms with E-state index in [4.69, 9.17) is 16.9 Å². The highest BCUT2D eigenvalue weighted by Gasteiger charge is 2.42. The van der Waals surface area contributed by atoms with Gasteiger partial charge >= 0.3 is 6.18 Å². The Morgan fingerprint density at radius 2 is 0.874 bits per heavy atom. The first-order valence-corrected chi connectivity index (χ1v) is 42.1. The number of aromatic nitrogens is 1. The van der Waals surface area contributed by atoms with E-state index in [1.54, 1.807) is 41.3 Å². The largest absolute Gasteiger partial charge is 0.419 e. The molecule has 7 aromatic rings. The average molecular weight is 1580 g/mol. The highest BCUT2D eigenvalue weighted by Crippen LogP contribution is 2.43. The van der Waals surface area contributed by atoms with Gasteiger partial charge in [-0.2, -0.15) is 18.4 Å². The van der Waals surface area contributed by atoms with Crippen molar-refractivity contribution in [1.82, 2.24) is 4.98 Å². The standard InChI is InChI=1S/C15H20N2O.C15H22O.C14H20ClNO.C14H19F3N2O.C14H20FNO.C10H14O2S.C9H11F/c1-12(2)15(18)7-9-17(10-8-15)14-5-3-13(11-16)4-6-14;1-12(2)15(16)10-8-14(9-11-15)13-6-4-3-5-7-13;1-11(2)14(17)7-9-16(10-8-14)13-5-3-12(15)4-6-13;1-10(2)13(20)5-8-19(9-6-13)12-11(14(15,16)17)4-3-7-18-12;1-11(2)14(17)6-8-16(9-7-14)13-5-3-4-12(15)10-13;1-8(2)9-5-4-6-10(7-9)13(3,11)12;1-7(2)8-5-3-4-6-9(8)10/h3-6,12,18H,7-10H2,1-2H3;3-7,12,14,16H,8-11H2,1-2H3;3-6,11,17H,7-10H2,1-2H3;3-4,7,10,20H,5-6,8-9H2,1-2H3;3-5,10-11,17H,6-9H2,1-2H3;4-8H,1-3H3;3-7H,1-2H3. The number of alkyl halides is 3. The van der Waals surface area contributed by atoms with Crippen LogP contribution in [-0.2, 0) is 16.0 Å². The monoisotopic (exact) mass is 1580 g/mol. The first-order valence-electron chi connectivity index (χ1n) is 39.8. The molecule has 6 aromatic carbocycles. The number of hydrogen-bond donors (Lipinski definition) is 5. The summed E-state index contributed by atoms with van der Waals surface area (Å²) < 4.78 is 87.3. The minimum absolute atomic E-state index is 0.0363. The number of sulfone groups is 1. The van der Waals surface area contributed by atoms with Gasteiger partial charge in [-0.3, -0.25) is 0 Å². The van der Waals surface area contributed by atoms with E-state index >= 15 is 0 Å². The summed E-state index contributed by atoms with van der Waals surface area (Å²) in [5.41, 5.74) is 3.77. The molecule has 4 aliphatic heterocycles. The molecule has 12 rings (SSSR count). The van der Waals surface area contributed by atoms with Crippen LogP contribution in [0, 0.1) is 52.6 Å². The van der Waals surface area contributed by atoms with Crippen LogP contribution < -0.4 is 19.6 Å². The van der Waals surface area contributed by atoms with Crippen LogP contribution in [0.15, 0.2) is 175 Å². The van der Waals surface area contributed by atoms with Gasteiger partial charge in [-0.25, -0.2) is 22.2 Å². The van der Waals surface area contributed by atoms with Crippen LogP contribution in [0.25, 0.3) is 0 Å². The molecule has 1 aromatic heterocycles. The first kappa shape index (κ1) is 92.7. The normalized spacial score (nSPS) is 19.3. The molecule has 0 atom stereocenters. The number of nitriles is 1.